The SMILES string of the molecule is C[C@H]1CCCN(S(=O)(=O)N[C@@H]2CCc3ccccc32)C1. The van der Waals surface area contributed by atoms with Crippen LogP contribution in [0.3, 0.4) is 0 Å². The Hall–Kier alpha value is -0.910. The lowest BCUT2D eigenvalue weighted by molar-refractivity contribution is 0.276. The van der Waals surface area contributed by atoms with E-state index in [0.717, 1.165) is 31.2 Å². The fourth-order valence-electron chi connectivity index (χ4n) is 3.30. The van der Waals surface area contributed by atoms with Gasteiger partial charge in [-0.3, -0.25) is 0 Å². The second kappa shape index (κ2) is 5.47. The summed E-state index contributed by atoms with van der Waals surface area (Å²) >= 11 is 0. The summed E-state index contributed by atoms with van der Waals surface area (Å²) in [6, 6.07) is 8.06. The largest absolute Gasteiger partial charge is 0.280 e. The van der Waals surface area contributed by atoms with Crippen molar-refractivity contribution in [3.8, 4) is 0 Å². The normalized spacial score (nSPS) is 27.4. The Morgan fingerprint density at radius 1 is 1.25 bits per heavy atom. The van der Waals surface area contributed by atoms with E-state index in [0.29, 0.717) is 19.0 Å². The van der Waals surface area contributed by atoms with Crippen LogP contribution in [0.15, 0.2) is 24.3 Å². The topological polar surface area (TPSA) is 49.4 Å². The van der Waals surface area contributed by atoms with Crippen LogP contribution < -0.4 is 4.72 Å². The van der Waals surface area contributed by atoms with Crippen molar-refractivity contribution in [2.24, 2.45) is 5.92 Å². The minimum absolute atomic E-state index is 0.0616. The third kappa shape index (κ3) is 2.75. The van der Waals surface area contributed by atoms with Crippen molar-refractivity contribution in [2.45, 2.75) is 38.6 Å². The molecule has 20 heavy (non-hydrogen) atoms. The van der Waals surface area contributed by atoms with Gasteiger partial charge in [0.05, 0.1) is 0 Å². The molecule has 1 aliphatic heterocycles. The van der Waals surface area contributed by atoms with Crippen LogP contribution in [0.4, 0.5) is 0 Å². The van der Waals surface area contributed by atoms with Crippen molar-refractivity contribution in [3.63, 3.8) is 0 Å². The van der Waals surface area contributed by atoms with Crippen LogP contribution in [0.5, 0.6) is 0 Å². The number of rotatable bonds is 3. The molecule has 2 atom stereocenters. The zero-order valence-corrected chi connectivity index (χ0v) is 12.7. The van der Waals surface area contributed by atoms with Crippen molar-refractivity contribution in [1.82, 2.24) is 9.03 Å². The molecule has 5 heteroatoms. The summed E-state index contributed by atoms with van der Waals surface area (Å²) in [5.41, 5.74) is 2.41. The van der Waals surface area contributed by atoms with Crippen molar-refractivity contribution >= 4 is 10.2 Å². The lowest BCUT2D eigenvalue weighted by Crippen LogP contribution is -2.46. The highest BCUT2D eigenvalue weighted by molar-refractivity contribution is 7.87. The molecule has 110 valence electrons. The molecule has 0 bridgehead atoms. The molecular formula is C15H22N2O2S. The number of hydrogen-bond acceptors (Lipinski definition) is 2. The Labute approximate surface area is 121 Å². The average Bonchev–Trinajstić information content (AvgIpc) is 2.82. The van der Waals surface area contributed by atoms with E-state index < -0.39 is 10.2 Å². The third-order valence-electron chi connectivity index (χ3n) is 4.38. The predicted octanol–water partition coefficient (Wildman–Crippen LogP) is 2.24. The summed E-state index contributed by atoms with van der Waals surface area (Å²) in [7, 11) is -3.36. The molecule has 2 aliphatic rings. The number of piperidine rings is 1. The molecule has 1 aliphatic carbocycles. The van der Waals surface area contributed by atoms with E-state index in [1.165, 1.54) is 5.56 Å². The molecule has 1 aromatic carbocycles. The van der Waals surface area contributed by atoms with Gasteiger partial charge in [0.15, 0.2) is 0 Å². The van der Waals surface area contributed by atoms with Crippen LogP contribution in [-0.2, 0) is 16.6 Å². The maximum atomic E-state index is 12.5. The van der Waals surface area contributed by atoms with Crippen molar-refractivity contribution in [2.75, 3.05) is 13.1 Å². The van der Waals surface area contributed by atoms with Crippen LogP contribution in [-0.4, -0.2) is 25.8 Å². The second-order valence-electron chi connectivity index (χ2n) is 6.02. The van der Waals surface area contributed by atoms with Crippen LogP contribution >= 0.6 is 0 Å². The molecule has 1 fully saturated rings. The highest BCUT2D eigenvalue weighted by Gasteiger charge is 2.31. The molecular weight excluding hydrogens is 272 g/mol. The zero-order chi connectivity index (χ0) is 14.2. The Morgan fingerprint density at radius 2 is 2.05 bits per heavy atom. The van der Waals surface area contributed by atoms with Crippen molar-refractivity contribution < 1.29 is 8.42 Å². The third-order valence-corrected chi connectivity index (χ3v) is 5.98. The van der Waals surface area contributed by atoms with Gasteiger partial charge in [-0.05, 0) is 42.7 Å². The van der Waals surface area contributed by atoms with E-state index in [1.807, 2.05) is 18.2 Å². The average molecular weight is 294 g/mol. The summed E-state index contributed by atoms with van der Waals surface area (Å²) in [6.45, 7) is 3.41. The zero-order valence-electron chi connectivity index (χ0n) is 11.9. The number of nitrogens with one attached hydrogen (secondary N) is 1. The Morgan fingerprint density at radius 3 is 2.85 bits per heavy atom. The monoisotopic (exact) mass is 294 g/mol. The highest BCUT2D eigenvalue weighted by atomic mass is 32.2. The molecule has 0 saturated carbocycles. The lowest BCUT2D eigenvalue weighted by Gasteiger charge is -2.31. The molecule has 1 aromatic rings. The lowest BCUT2D eigenvalue weighted by atomic mass is 10.0. The van der Waals surface area contributed by atoms with E-state index in [9.17, 15) is 8.42 Å². The van der Waals surface area contributed by atoms with Gasteiger partial charge in [-0.2, -0.15) is 17.4 Å². The van der Waals surface area contributed by atoms with E-state index in [-0.39, 0.29) is 6.04 Å². The summed E-state index contributed by atoms with van der Waals surface area (Å²) in [4.78, 5) is 0. The van der Waals surface area contributed by atoms with Gasteiger partial charge in [0.2, 0.25) is 0 Å². The summed E-state index contributed by atoms with van der Waals surface area (Å²) in [5.74, 6) is 0.455. The molecule has 1 N–H and O–H groups in total. The van der Waals surface area contributed by atoms with Gasteiger partial charge in [-0.25, -0.2) is 0 Å². The summed E-state index contributed by atoms with van der Waals surface area (Å²) in [6.07, 6.45) is 3.91. The van der Waals surface area contributed by atoms with Gasteiger partial charge < -0.3 is 0 Å². The molecule has 4 nitrogen and oxygen atoms in total. The number of hydrogen-bond donors (Lipinski definition) is 1. The summed E-state index contributed by atoms with van der Waals surface area (Å²) < 4.78 is 29.5. The minimum Gasteiger partial charge on any atom is -0.195 e. The minimum atomic E-state index is -3.36. The smallest absolute Gasteiger partial charge is 0.195 e. The van der Waals surface area contributed by atoms with Gasteiger partial charge in [0.25, 0.3) is 10.2 Å². The number of fused-ring (bicyclic) bond motifs is 1. The van der Waals surface area contributed by atoms with Gasteiger partial charge >= 0.3 is 0 Å². The van der Waals surface area contributed by atoms with E-state index in [4.69, 9.17) is 0 Å². The maximum Gasteiger partial charge on any atom is 0.280 e. The van der Waals surface area contributed by atoms with Gasteiger partial charge in [0, 0.05) is 19.1 Å². The van der Waals surface area contributed by atoms with Crippen molar-refractivity contribution in [3.05, 3.63) is 35.4 Å². The Bertz CT molecular complexity index is 585. The fraction of sp³-hybridized carbons (Fsp3) is 0.600. The van der Waals surface area contributed by atoms with Gasteiger partial charge in [0.1, 0.15) is 0 Å². The standard InChI is InChI=1S/C15H22N2O2S/c1-12-5-4-10-17(11-12)20(18,19)16-15-9-8-13-6-2-3-7-14(13)15/h2-3,6-7,12,15-16H,4-5,8-11H2,1H3/t12-,15+/m0/s1. The van der Waals surface area contributed by atoms with E-state index >= 15 is 0 Å². The van der Waals surface area contributed by atoms with Crippen LogP contribution in [0, 0.1) is 5.92 Å². The Balaban J connectivity index is 1.74. The van der Waals surface area contributed by atoms with Gasteiger partial charge in [-0.1, -0.05) is 31.2 Å². The van der Waals surface area contributed by atoms with E-state index in [2.05, 4.69) is 17.7 Å². The quantitative estimate of drug-likeness (QED) is 0.929. The first kappa shape index (κ1) is 14.0. The predicted molar refractivity (Wildman–Crippen MR) is 79.5 cm³/mol. The Kier molecular flexibility index (Phi) is 3.84. The molecule has 0 spiro atoms. The molecule has 1 heterocycles. The first-order chi connectivity index (χ1) is 9.56. The maximum absolute atomic E-state index is 12.5. The molecule has 0 radical (unpaired) electrons. The number of benzene rings is 1. The van der Waals surface area contributed by atoms with Crippen molar-refractivity contribution in [1.29, 1.82) is 0 Å². The van der Waals surface area contributed by atoms with Crippen LogP contribution in [0.25, 0.3) is 0 Å². The summed E-state index contributed by atoms with van der Waals surface area (Å²) in [5, 5.41) is 0. The first-order valence-corrected chi connectivity index (χ1v) is 8.85. The molecule has 1 saturated heterocycles. The highest BCUT2D eigenvalue weighted by Crippen LogP contribution is 2.32. The molecule has 3 rings (SSSR count). The number of nitrogens with zero attached hydrogens (tertiary/aromatic N) is 1. The fourth-order valence-corrected chi connectivity index (χ4v) is 4.87. The first-order valence-electron chi connectivity index (χ1n) is 7.41. The van der Waals surface area contributed by atoms with E-state index in [1.54, 1.807) is 4.31 Å². The molecule has 0 unspecified atom stereocenters. The number of aryl methyl sites for hydroxylation is 1. The van der Waals surface area contributed by atoms with Crippen LogP contribution in [0.1, 0.15) is 43.4 Å². The van der Waals surface area contributed by atoms with Gasteiger partial charge in [-0.15, -0.1) is 0 Å². The second-order valence-corrected chi connectivity index (χ2v) is 7.72. The molecule has 0 aromatic heterocycles. The molecule has 0 amide bonds. The van der Waals surface area contributed by atoms with Crippen LogP contribution in [0.2, 0.25) is 0 Å².